The standard InChI is InChI=1S/C15H14FN3OS/c1-8-3-4-11-12(5-8)19-15(18-11)21-14-7-13(20-2)9(16)6-10(14)17/h3-7H,17H2,1-2H3,(H,18,19). The number of nitrogen functional groups attached to an aromatic ring is 1. The van der Waals surface area contributed by atoms with E-state index in [2.05, 4.69) is 9.97 Å². The van der Waals surface area contributed by atoms with Crippen LogP contribution in [-0.2, 0) is 0 Å². The van der Waals surface area contributed by atoms with Gasteiger partial charge in [0, 0.05) is 16.6 Å². The van der Waals surface area contributed by atoms with E-state index in [4.69, 9.17) is 10.5 Å². The number of aryl methyl sites for hydroxylation is 1. The molecule has 0 spiro atoms. The number of nitrogens with zero attached hydrogens (tertiary/aromatic N) is 1. The number of aromatic amines is 1. The van der Waals surface area contributed by atoms with Crippen LogP contribution in [0.25, 0.3) is 11.0 Å². The second-order valence-electron chi connectivity index (χ2n) is 4.69. The molecule has 2 aromatic carbocycles. The quantitative estimate of drug-likeness (QED) is 0.723. The van der Waals surface area contributed by atoms with E-state index < -0.39 is 5.82 Å². The number of fused-ring (bicyclic) bond motifs is 1. The van der Waals surface area contributed by atoms with E-state index >= 15 is 0 Å². The average molecular weight is 303 g/mol. The van der Waals surface area contributed by atoms with Crippen molar-refractivity contribution in [3.05, 3.63) is 41.7 Å². The molecule has 0 fully saturated rings. The monoisotopic (exact) mass is 303 g/mol. The highest BCUT2D eigenvalue weighted by atomic mass is 32.2. The second-order valence-corrected chi connectivity index (χ2v) is 5.72. The molecule has 0 unspecified atom stereocenters. The van der Waals surface area contributed by atoms with Crippen molar-refractivity contribution in [1.29, 1.82) is 0 Å². The summed E-state index contributed by atoms with van der Waals surface area (Å²) < 4.78 is 18.5. The number of hydrogen-bond acceptors (Lipinski definition) is 4. The average Bonchev–Trinajstić information content (AvgIpc) is 2.83. The molecule has 4 nitrogen and oxygen atoms in total. The van der Waals surface area contributed by atoms with Gasteiger partial charge in [-0.15, -0.1) is 0 Å². The van der Waals surface area contributed by atoms with Crippen LogP contribution in [0.5, 0.6) is 5.75 Å². The molecule has 3 N–H and O–H groups in total. The van der Waals surface area contributed by atoms with Crippen molar-refractivity contribution in [1.82, 2.24) is 9.97 Å². The Hall–Kier alpha value is -2.21. The molecule has 1 aromatic heterocycles. The first-order valence-corrected chi connectivity index (χ1v) is 7.15. The number of ether oxygens (including phenoxy) is 1. The highest BCUT2D eigenvalue weighted by Gasteiger charge is 2.12. The van der Waals surface area contributed by atoms with E-state index in [0.717, 1.165) is 16.6 Å². The Balaban J connectivity index is 1.98. The zero-order valence-corrected chi connectivity index (χ0v) is 12.4. The normalized spacial score (nSPS) is 11.0. The summed E-state index contributed by atoms with van der Waals surface area (Å²) >= 11 is 1.35. The van der Waals surface area contributed by atoms with Gasteiger partial charge in [0.15, 0.2) is 16.7 Å². The maximum Gasteiger partial charge on any atom is 0.171 e. The first kappa shape index (κ1) is 13.8. The van der Waals surface area contributed by atoms with Gasteiger partial charge in [-0.25, -0.2) is 9.37 Å². The van der Waals surface area contributed by atoms with Gasteiger partial charge in [0.2, 0.25) is 0 Å². The van der Waals surface area contributed by atoms with Crippen LogP contribution in [0, 0.1) is 12.7 Å². The van der Waals surface area contributed by atoms with E-state index in [1.165, 1.54) is 24.9 Å². The van der Waals surface area contributed by atoms with Gasteiger partial charge in [-0.05, 0) is 42.4 Å². The van der Waals surface area contributed by atoms with Crippen molar-refractivity contribution in [3.63, 3.8) is 0 Å². The summed E-state index contributed by atoms with van der Waals surface area (Å²) in [5, 5.41) is 0.705. The molecule has 108 valence electrons. The lowest BCUT2D eigenvalue weighted by atomic mass is 10.2. The lowest BCUT2D eigenvalue weighted by molar-refractivity contribution is 0.385. The molecule has 3 aromatic rings. The van der Waals surface area contributed by atoms with Crippen molar-refractivity contribution < 1.29 is 9.13 Å². The molecule has 3 rings (SSSR count). The van der Waals surface area contributed by atoms with Gasteiger partial charge in [0.1, 0.15) is 0 Å². The molecule has 0 radical (unpaired) electrons. The third kappa shape index (κ3) is 2.67. The van der Waals surface area contributed by atoms with Gasteiger partial charge in [0.25, 0.3) is 0 Å². The maximum atomic E-state index is 13.5. The summed E-state index contributed by atoms with van der Waals surface area (Å²) in [4.78, 5) is 8.41. The van der Waals surface area contributed by atoms with Crippen LogP contribution in [-0.4, -0.2) is 17.1 Å². The van der Waals surface area contributed by atoms with Crippen LogP contribution in [0.2, 0.25) is 0 Å². The summed E-state index contributed by atoms with van der Waals surface area (Å²) in [5.41, 5.74) is 9.22. The van der Waals surface area contributed by atoms with Crippen molar-refractivity contribution in [2.24, 2.45) is 0 Å². The van der Waals surface area contributed by atoms with Crippen LogP contribution in [0.1, 0.15) is 5.56 Å². The Morgan fingerprint density at radius 3 is 2.86 bits per heavy atom. The summed E-state index contributed by atoms with van der Waals surface area (Å²) in [6.45, 7) is 2.02. The molecule has 0 amide bonds. The summed E-state index contributed by atoms with van der Waals surface area (Å²) in [6.07, 6.45) is 0. The topological polar surface area (TPSA) is 63.9 Å². The summed E-state index contributed by atoms with van der Waals surface area (Å²) in [7, 11) is 1.42. The van der Waals surface area contributed by atoms with Crippen LogP contribution in [0.3, 0.4) is 0 Å². The van der Waals surface area contributed by atoms with Crippen LogP contribution >= 0.6 is 11.8 Å². The Morgan fingerprint density at radius 2 is 2.10 bits per heavy atom. The first-order chi connectivity index (χ1) is 10.1. The number of nitrogens with one attached hydrogen (secondary N) is 1. The Bertz CT molecular complexity index is 816. The predicted octanol–water partition coefficient (Wildman–Crippen LogP) is 3.75. The molecular formula is C15H14FN3OS. The lowest BCUT2D eigenvalue weighted by Crippen LogP contribution is -1.94. The number of rotatable bonds is 3. The molecule has 0 saturated heterocycles. The van der Waals surface area contributed by atoms with Gasteiger partial charge in [0.05, 0.1) is 18.1 Å². The third-order valence-electron chi connectivity index (χ3n) is 3.11. The molecule has 0 aliphatic heterocycles. The number of hydrogen-bond donors (Lipinski definition) is 2. The zero-order chi connectivity index (χ0) is 15.0. The number of aromatic nitrogens is 2. The van der Waals surface area contributed by atoms with Crippen molar-refractivity contribution in [3.8, 4) is 5.75 Å². The Labute approximate surface area is 125 Å². The number of imidazole rings is 1. The number of nitrogens with two attached hydrogens (primary N) is 1. The van der Waals surface area contributed by atoms with Crippen molar-refractivity contribution in [2.75, 3.05) is 12.8 Å². The number of methoxy groups -OCH3 is 1. The molecule has 1 heterocycles. The number of halogens is 1. The predicted molar refractivity (Wildman–Crippen MR) is 82.3 cm³/mol. The van der Waals surface area contributed by atoms with E-state index in [-0.39, 0.29) is 5.75 Å². The van der Waals surface area contributed by atoms with Crippen molar-refractivity contribution >= 4 is 28.5 Å². The third-order valence-corrected chi connectivity index (χ3v) is 4.07. The maximum absolute atomic E-state index is 13.5. The number of anilines is 1. The molecule has 6 heteroatoms. The summed E-state index contributed by atoms with van der Waals surface area (Å²) in [5.74, 6) is -0.307. The van der Waals surface area contributed by atoms with Crippen molar-refractivity contribution in [2.45, 2.75) is 17.0 Å². The molecule has 21 heavy (non-hydrogen) atoms. The fourth-order valence-corrected chi connectivity index (χ4v) is 2.90. The molecule has 0 aliphatic rings. The second kappa shape index (κ2) is 5.29. The smallest absolute Gasteiger partial charge is 0.171 e. The first-order valence-electron chi connectivity index (χ1n) is 6.34. The van der Waals surface area contributed by atoms with E-state index in [1.54, 1.807) is 6.07 Å². The molecular weight excluding hydrogens is 289 g/mol. The minimum atomic E-state index is -0.473. The van der Waals surface area contributed by atoms with Gasteiger partial charge < -0.3 is 15.5 Å². The molecule has 0 aliphatic carbocycles. The molecule has 0 bridgehead atoms. The van der Waals surface area contributed by atoms with Crippen LogP contribution in [0.4, 0.5) is 10.1 Å². The van der Waals surface area contributed by atoms with E-state index in [1.807, 2.05) is 25.1 Å². The van der Waals surface area contributed by atoms with E-state index in [0.29, 0.717) is 15.7 Å². The van der Waals surface area contributed by atoms with Gasteiger partial charge in [-0.2, -0.15) is 0 Å². The fourth-order valence-electron chi connectivity index (χ4n) is 2.05. The van der Waals surface area contributed by atoms with Gasteiger partial charge in [-0.3, -0.25) is 0 Å². The van der Waals surface area contributed by atoms with Crippen LogP contribution < -0.4 is 10.5 Å². The Morgan fingerprint density at radius 1 is 1.29 bits per heavy atom. The highest BCUT2D eigenvalue weighted by molar-refractivity contribution is 7.99. The van der Waals surface area contributed by atoms with Crippen LogP contribution in [0.15, 0.2) is 40.4 Å². The Kier molecular flexibility index (Phi) is 3.47. The van der Waals surface area contributed by atoms with E-state index in [9.17, 15) is 4.39 Å². The molecule has 0 saturated carbocycles. The SMILES string of the molecule is COc1cc(Sc2nc3ccc(C)cc3[nH]2)c(N)cc1F. The number of H-pyrrole nitrogens is 1. The lowest BCUT2D eigenvalue weighted by Gasteiger charge is -2.07. The zero-order valence-electron chi connectivity index (χ0n) is 11.6. The minimum Gasteiger partial charge on any atom is -0.494 e. The number of benzene rings is 2. The minimum absolute atomic E-state index is 0.165. The largest absolute Gasteiger partial charge is 0.494 e. The fraction of sp³-hybridized carbons (Fsp3) is 0.133. The summed E-state index contributed by atoms with van der Waals surface area (Å²) in [6, 6.07) is 8.83. The van der Waals surface area contributed by atoms with Gasteiger partial charge in [-0.1, -0.05) is 6.07 Å². The van der Waals surface area contributed by atoms with Gasteiger partial charge >= 0.3 is 0 Å². The molecule has 0 atom stereocenters. The highest BCUT2D eigenvalue weighted by Crippen LogP contribution is 2.35.